The maximum absolute atomic E-state index is 11.7. The quantitative estimate of drug-likeness (QED) is 0.214. The number of hydrogen-bond acceptors (Lipinski definition) is 4. The molecule has 0 bridgehead atoms. The Kier molecular flexibility index (Phi) is 6.89. The van der Waals surface area contributed by atoms with E-state index >= 15 is 0 Å². The molecule has 0 aromatic rings. The molecule has 0 amide bonds. The third kappa shape index (κ3) is 5.19. The van der Waals surface area contributed by atoms with Crippen molar-refractivity contribution in [1.29, 1.82) is 0 Å². The van der Waals surface area contributed by atoms with Crippen LogP contribution in [0.25, 0.3) is 10.4 Å². The van der Waals surface area contributed by atoms with Gasteiger partial charge in [0.15, 0.2) is 0 Å². The van der Waals surface area contributed by atoms with Crippen LogP contribution in [0.2, 0.25) is 0 Å². The average molecular weight is 250 g/mol. The maximum Gasteiger partial charge on any atom is 0.146 e. The van der Waals surface area contributed by atoms with Gasteiger partial charge in [-0.05, 0) is 24.9 Å². The maximum atomic E-state index is 11.7. The largest absolute Gasteiger partial charge is 0.367 e. The molecule has 0 saturated carbocycles. The molecule has 1 atom stereocenters. The highest BCUT2D eigenvalue weighted by Crippen LogP contribution is 2.17. The van der Waals surface area contributed by atoms with E-state index in [0.717, 1.165) is 19.4 Å². The Hall–Kier alpha value is -1.54. The number of carbonyl (C=O) groups is 1. The van der Waals surface area contributed by atoms with Crippen LogP contribution < -0.4 is 0 Å². The Balaban J connectivity index is 2.28. The fourth-order valence-corrected chi connectivity index (χ4v) is 2.07. The summed E-state index contributed by atoms with van der Waals surface area (Å²) < 4.78 is 5.32. The van der Waals surface area contributed by atoms with Crippen LogP contribution in [-0.2, 0) is 9.53 Å². The topological polar surface area (TPSA) is 78.3 Å². The Bertz CT molecular complexity index is 358. The summed E-state index contributed by atoms with van der Waals surface area (Å²) in [5, 5.41) is 3.36. The second-order valence-corrected chi connectivity index (χ2v) is 4.23. The molecule has 1 fully saturated rings. The van der Waals surface area contributed by atoms with Gasteiger partial charge in [-0.25, -0.2) is 0 Å². The van der Waals surface area contributed by atoms with Crippen molar-refractivity contribution in [2.45, 2.75) is 25.3 Å². The van der Waals surface area contributed by atoms with Crippen molar-refractivity contribution in [3.8, 4) is 12.3 Å². The number of nitrogens with zero attached hydrogens (tertiary/aromatic N) is 4. The molecule has 98 valence electrons. The van der Waals surface area contributed by atoms with Crippen molar-refractivity contribution >= 4 is 5.78 Å². The lowest BCUT2D eigenvalue weighted by Gasteiger charge is -2.23. The fraction of sp³-hybridized carbons (Fsp3) is 0.750. The number of rotatable bonds is 8. The lowest BCUT2D eigenvalue weighted by molar-refractivity contribution is -0.120. The van der Waals surface area contributed by atoms with Crippen molar-refractivity contribution in [2.24, 2.45) is 5.11 Å². The van der Waals surface area contributed by atoms with E-state index in [1.165, 1.54) is 0 Å². The zero-order valence-electron chi connectivity index (χ0n) is 10.4. The molecule has 18 heavy (non-hydrogen) atoms. The Labute approximate surface area is 107 Å². The number of azide groups is 1. The summed E-state index contributed by atoms with van der Waals surface area (Å²) in [6, 6.07) is 0.279. The number of Topliss-reactive ketones (excluding diaryl/α,β-unsaturated/α-hetero) is 1. The molecule has 1 aliphatic heterocycles. The summed E-state index contributed by atoms with van der Waals surface area (Å²) in [6.07, 6.45) is 7.53. The molecule has 0 spiro atoms. The number of likely N-dealkylation sites (tertiary alicyclic amines) is 1. The lowest BCUT2D eigenvalue weighted by Crippen LogP contribution is -2.37. The first-order valence-corrected chi connectivity index (χ1v) is 6.05. The summed E-state index contributed by atoms with van der Waals surface area (Å²) >= 11 is 0. The summed E-state index contributed by atoms with van der Waals surface area (Å²) in [6.45, 7) is 2.45. The molecule has 1 heterocycles. The van der Waals surface area contributed by atoms with Crippen molar-refractivity contribution < 1.29 is 9.53 Å². The second-order valence-electron chi connectivity index (χ2n) is 4.23. The molecule has 1 aliphatic rings. The van der Waals surface area contributed by atoms with Gasteiger partial charge in [-0.15, -0.1) is 6.42 Å². The number of ether oxygens (including phenoxy) is 1. The number of hydrogen-bond donors (Lipinski definition) is 0. The molecule has 0 aliphatic carbocycles. The number of carbonyl (C=O) groups excluding carboxylic acids is 1. The van der Waals surface area contributed by atoms with Crippen LogP contribution in [-0.4, -0.2) is 49.6 Å². The molecule has 0 radical (unpaired) electrons. The fourth-order valence-electron chi connectivity index (χ4n) is 2.07. The van der Waals surface area contributed by atoms with Gasteiger partial charge in [0.1, 0.15) is 12.4 Å². The SMILES string of the molecule is C#CCOCC1CCCN1CC(=O)CCN=[N+]=[N-]. The Morgan fingerprint density at radius 3 is 3.22 bits per heavy atom. The van der Waals surface area contributed by atoms with Gasteiger partial charge in [-0.2, -0.15) is 0 Å². The molecule has 6 nitrogen and oxygen atoms in total. The van der Waals surface area contributed by atoms with E-state index in [2.05, 4.69) is 20.8 Å². The van der Waals surface area contributed by atoms with Gasteiger partial charge in [-0.3, -0.25) is 9.69 Å². The highest BCUT2D eigenvalue weighted by Gasteiger charge is 2.25. The van der Waals surface area contributed by atoms with E-state index in [4.69, 9.17) is 16.7 Å². The van der Waals surface area contributed by atoms with Crippen molar-refractivity contribution in [2.75, 3.05) is 32.8 Å². The van der Waals surface area contributed by atoms with Gasteiger partial charge < -0.3 is 4.74 Å². The van der Waals surface area contributed by atoms with Crippen LogP contribution in [0.1, 0.15) is 19.3 Å². The van der Waals surface area contributed by atoms with Crippen molar-refractivity contribution in [3.05, 3.63) is 10.4 Å². The summed E-state index contributed by atoms with van der Waals surface area (Å²) in [7, 11) is 0. The standard InChI is InChI=1S/C12H18N4O2/c1-2-8-18-10-11-4-3-7-16(11)9-12(17)5-6-14-15-13/h1,11H,3-10H2. The third-order valence-corrected chi connectivity index (χ3v) is 2.93. The molecule has 0 N–H and O–H groups in total. The van der Waals surface area contributed by atoms with Crippen LogP contribution in [0.15, 0.2) is 5.11 Å². The first-order valence-electron chi connectivity index (χ1n) is 6.05. The smallest absolute Gasteiger partial charge is 0.146 e. The van der Waals surface area contributed by atoms with Gasteiger partial charge in [0.25, 0.3) is 0 Å². The molecule has 1 rings (SSSR count). The highest BCUT2D eigenvalue weighted by molar-refractivity contribution is 5.80. The van der Waals surface area contributed by atoms with Crippen LogP contribution in [0, 0.1) is 12.3 Å². The summed E-state index contributed by atoms with van der Waals surface area (Å²) in [5.74, 6) is 2.53. The Morgan fingerprint density at radius 2 is 2.50 bits per heavy atom. The minimum Gasteiger partial charge on any atom is -0.367 e. The number of ketones is 1. The molecular formula is C12H18N4O2. The molecule has 6 heteroatoms. The van der Waals surface area contributed by atoms with Crippen LogP contribution in [0.4, 0.5) is 0 Å². The van der Waals surface area contributed by atoms with Gasteiger partial charge >= 0.3 is 0 Å². The first kappa shape index (κ1) is 14.5. The van der Waals surface area contributed by atoms with Gasteiger partial charge in [0, 0.05) is 23.9 Å². The summed E-state index contributed by atoms with van der Waals surface area (Å²) in [4.78, 5) is 16.4. The van der Waals surface area contributed by atoms with E-state index in [0.29, 0.717) is 26.2 Å². The predicted octanol–water partition coefficient (Wildman–Crippen LogP) is 1.37. The van der Waals surface area contributed by atoms with Crippen LogP contribution >= 0.6 is 0 Å². The molecular weight excluding hydrogens is 232 g/mol. The van der Waals surface area contributed by atoms with E-state index < -0.39 is 0 Å². The van der Waals surface area contributed by atoms with Crippen LogP contribution in [0.3, 0.4) is 0 Å². The molecule has 1 unspecified atom stereocenters. The predicted molar refractivity (Wildman–Crippen MR) is 67.9 cm³/mol. The number of terminal acetylenes is 1. The first-order chi connectivity index (χ1) is 8.77. The monoisotopic (exact) mass is 250 g/mol. The van der Waals surface area contributed by atoms with Gasteiger partial charge in [0.2, 0.25) is 0 Å². The lowest BCUT2D eigenvalue weighted by atomic mass is 10.2. The third-order valence-electron chi connectivity index (χ3n) is 2.93. The Morgan fingerprint density at radius 1 is 1.67 bits per heavy atom. The van der Waals surface area contributed by atoms with Crippen molar-refractivity contribution in [3.63, 3.8) is 0 Å². The summed E-state index contributed by atoms with van der Waals surface area (Å²) in [5.41, 5.74) is 8.13. The van der Waals surface area contributed by atoms with E-state index in [1.807, 2.05) is 0 Å². The molecule has 0 aromatic carbocycles. The van der Waals surface area contributed by atoms with E-state index in [-0.39, 0.29) is 18.4 Å². The minimum atomic E-state index is 0.103. The zero-order chi connectivity index (χ0) is 13.2. The minimum absolute atomic E-state index is 0.103. The second kappa shape index (κ2) is 8.54. The highest BCUT2D eigenvalue weighted by atomic mass is 16.5. The van der Waals surface area contributed by atoms with Gasteiger partial charge in [-0.1, -0.05) is 11.0 Å². The van der Waals surface area contributed by atoms with E-state index in [1.54, 1.807) is 0 Å². The van der Waals surface area contributed by atoms with Crippen molar-refractivity contribution in [1.82, 2.24) is 4.90 Å². The van der Waals surface area contributed by atoms with Crippen LogP contribution in [0.5, 0.6) is 0 Å². The van der Waals surface area contributed by atoms with Gasteiger partial charge in [0.05, 0.1) is 13.2 Å². The molecule has 0 aromatic heterocycles. The van der Waals surface area contributed by atoms with E-state index in [9.17, 15) is 4.79 Å². The zero-order valence-corrected chi connectivity index (χ0v) is 10.4. The molecule has 1 saturated heterocycles. The average Bonchev–Trinajstić information content (AvgIpc) is 2.77. The normalized spacial score (nSPS) is 19.2.